The second-order valence-electron chi connectivity index (χ2n) is 3.86. The Balaban J connectivity index is 2.06. The van der Waals surface area contributed by atoms with Crippen LogP contribution in [-0.4, -0.2) is 16.8 Å². The summed E-state index contributed by atoms with van der Waals surface area (Å²) in [5, 5.41) is 8.75. The molecule has 1 heterocycles. The van der Waals surface area contributed by atoms with E-state index in [1.165, 1.54) is 5.56 Å². The average molecular weight is 200 g/mol. The van der Waals surface area contributed by atoms with Crippen LogP contribution in [0.2, 0.25) is 0 Å². The molecule has 0 spiro atoms. The second kappa shape index (κ2) is 3.74. The first-order chi connectivity index (χ1) is 7.20. The highest BCUT2D eigenvalue weighted by atomic mass is 16.2. The largest absolute Gasteiger partial charge is 0.322 e. The molecule has 1 saturated heterocycles. The van der Waals surface area contributed by atoms with Crippen LogP contribution in [0.25, 0.3) is 0 Å². The normalized spacial score (nSPS) is 19.6. The highest BCUT2D eigenvalue weighted by Crippen LogP contribution is 2.21. The molecule has 3 nitrogen and oxygen atoms in total. The van der Waals surface area contributed by atoms with Crippen molar-refractivity contribution in [2.75, 3.05) is 0 Å². The summed E-state index contributed by atoms with van der Waals surface area (Å²) >= 11 is 0. The van der Waals surface area contributed by atoms with Gasteiger partial charge in [0.2, 0.25) is 5.91 Å². The Kier molecular flexibility index (Phi) is 2.42. The van der Waals surface area contributed by atoms with Crippen LogP contribution in [0.15, 0.2) is 24.3 Å². The minimum Gasteiger partial charge on any atom is -0.322 e. The lowest BCUT2D eigenvalue weighted by molar-refractivity contribution is -0.144. The van der Waals surface area contributed by atoms with E-state index < -0.39 is 0 Å². The van der Waals surface area contributed by atoms with Gasteiger partial charge in [-0.15, -0.1) is 0 Å². The highest BCUT2D eigenvalue weighted by Gasteiger charge is 2.35. The van der Waals surface area contributed by atoms with Crippen molar-refractivity contribution in [2.24, 2.45) is 0 Å². The third kappa shape index (κ3) is 1.84. The lowest BCUT2D eigenvalue weighted by Gasteiger charge is -2.35. The van der Waals surface area contributed by atoms with Gasteiger partial charge in [-0.25, -0.2) is 0 Å². The van der Waals surface area contributed by atoms with Crippen molar-refractivity contribution < 1.29 is 4.79 Å². The molecule has 0 bridgehead atoms. The summed E-state index contributed by atoms with van der Waals surface area (Å²) in [6.45, 7) is 2.58. The van der Waals surface area contributed by atoms with Gasteiger partial charge in [-0.1, -0.05) is 29.8 Å². The molecule has 76 valence electrons. The van der Waals surface area contributed by atoms with Gasteiger partial charge in [0.15, 0.2) is 0 Å². The highest BCUT2D eigenvalue weighted by molar-refractivity contribution is 5.84. The minimum atomic E-state index is -0.223. The summed E-state index contributed by atoms with van der Waals surface area (Å²) < 4.78 is 0. The maximum absolute atomic E-state index is 11.2. The van der Waals surface area contributed by atoms with Gasteiger partial charge in [-0.05, 0) is 12.5 Å². The molecule has 1 atom stereocenters. The molecule has 1 aromatic rings. The molecular formula is C12H12N2O. The Morgan fingerprint density at radius 2 is 2.13 bits per heavy atom. The third-order valence-electron chi connectivity index (χ3n) is 2.69. The second-order valence-corrected chi connectivity index (χ2v) is 3.86. The number of nitriles is 1. The Bertz CT molecular complexity index is 416. The van der Waals surface area contributed by atoms with E-state index in [9.17, 15) is 4.79 Å². The number of carbonyl (C=O) groups is 1. The van der Waals surface area contributed by atoms with Crippen molar-refractivity contribution in [1.82, 2.24) is 4.90 Å². The smallest absolute Gasteiger partial charge is 0.227 e. The fourth-order valence-corrected chi connectivity index (χ4v) is 1.66. The van der Waals surface area contributed by atoms with Crippen molar-refractivity contribution in [3.63, 3.8) is 0 Å². The molecule has 3 heteroatoms. The number of amides is 1. The van der Waals surface area contributed by atoms with Crippen LogP contribution in [0.5, 0.6) is 0 Å². The molecule has 15 heavy (non-hydrogen) atoms. The molecule has 1 aliphatic heterocycles. The van der Waals surface area contributed by atoms with Gasteiger partial charge >= 0.3 is 0 Å². The number of benzene rings is 1. The molecule has 1 amide bonds. The van der Waals surface area contributed by atoms with Crippen LogP contribution >= 0.6 is 0 Å². The number of aryl methyl sites for hydroxylation is 1. The summed E-state index contributed by atoms with van der Waals surface area (Å²) in [6, 6.07) is 9.92. The van der Waals surface area contributed by atoms with Crippen LogP contribution in [0.4, 0.5) is 0 Å². The van der Waals surface area contributed by atoms with Crippen molar-refractivity contribution in [3.05, 3.63) is 35.4 Å². The van der Waals surface area contributed by atoms with Gasteiger partial charge in [-0.3, -0.25) is 4.79 Å². The Labute approximate surface area is 88.9 Å². The summed E-state index contributed by atoms with van der Waals surface area (Å²) in [6.07, 6.45) is 0.377. The number of β-lactam (4-membered cyclic amide) rings is 1. The standard InChI is InChI=1S/C12H12N2O/c1-9-2-4-10(5-3-9)8-14-11(7-13)6-12(14)15/h2-5,11H,6,8H2,1H3. The Hall–Kier alpha value is -1.82. The molecule has 2 rings (SSSR count). The molecule has 1 aromatic carbocycles. The topological polar surface area (TPSA) is 44.1 Å². The number of hydrogen-bond acceptors (Lipinski definition) is 2. The van der Waals surface area contributed by atoms with Gasteiger partial charge in [-0.2, -0.15) is 5.26 Å². The fourth-order valence-electron chi connectivity index (χ4n) is 1.66. The first-order valence-corrected chi connectivity index (χ1v) is 4.95. The zero-order valence-electron chi connectivity index (χ0n) is 8.60. The van der Waals surface area contributed by atoms with Crippen LogP contribution in [0.1, 0.15) is 17.5 Å². The summed E-state index contributed by atoms with van der Waals surface area (Å²) in [4.78, 5) is 12.9. The molecular weight excluding hydrogens is 188 g/mol. The van der Waals surface area contributed by atoms with E-state index >= 15 is 0 Å². The number of rotatable bonds is 2. The number of likely N-dealkylation sites (tertiary alicyclic amines) is 1. The Morgan fingerprint density at radius 1 is 1.47 bits per heavy atom. The SMILES string of the molecule is Cc1ccc(CN2C(=O)CC2C#N)cc1. The van der Waals surface area contributed by atoms with E-state index in [-0.39, 0.29) is 11.9 Å². The van der Waals surface area contributed by atoms with E-state index in [0.29, 0.717) is 13.0 Å². The first-order valence-electron chi connectivity index (χ1n) is 4.95. The van der Waals surface area contributed by atoms with Gasteiger partial charge < -0.3 is 4.90 Å². The molecule has 0 saturated carbocycles. The van der Waals surface area contributed by atoms with E-state index in [0.717, 1.165) is 5.56 Å². The van der Waals surface area contributed by atoms with Crippen LogP contribution in [0, 0.1) is 18.3 Å². The monoisotopic (exact) mass is 200 g/mol. The van der Waals surface area contributed by atoms with E-state index in [1.54, 1.807) is 4.90 Å². The maximum atomic E-state index is 11.2. The van der Waals surface area contributed by atoms with E-state index in [1.807, 2.05) is 31.2 Å². The summed E-state index contributed by atoms with van der Waals surface area (Å²) in [7, 11) is 0. The van der Waals surface area contributed by atoms with E-state index in [4.69, 9.17) is 5.26 Å². The lowest BCUT2D eigenvalue weighted by atomic mass is 10.0. The lowest BCUT2D eigenvalue weighted by Crippen LogP contribution is -2.50. The van der Waals surface area contributed by atoms with Gasteiger partial charge in [0.25, 0.3) is 0 Å². The maximum Gasteiger partial charge on any atom is 0.227 e. The zero-order valence-corrected chi connectivity index (χ0v) is 8.60. The third-order valence-corrected chi connectivity index (χ3v) is 2.69. The van der Waals surface area contributed by atoms with Crippen LogP contribution in [-0.2, 0) is 11.3 Å². The number of carbonyl (C=O) groups excluding carboxylic acids is 1. The number of nitrogens with zero attached hydrogens (tertiary/aromatic N) is 2. The molecule has 0 N–H and O–H groups in total. The quantitative estimate of drug-likeness (QED) is 0.681. The molecule has 0 aliphatic carbocycles. The predicted octanol–water partition coefficient (Wildman–Crippen LogP) is 1.62. The van der Waals surface area contributed by atoms with Gasteiger partial charge in [0.05, 0.1) is 12.5 Å². The molecule has 1 aliphatic rings. The van der Waals surface area contributed by atoms with Crippen LogP contribution < -0.4 is 0 Å². The fraction of sp³-hybridized carbons (Fsp3) is 0.333. The van der Waals surface area contributed by atoms with Crippen molar-refractivity contribution in [3.8, 4) is 6.07 Å². The molecule has 1 unspecified atom stereocenters. The van der Waals surface area contributed by atoms with Gasteiger partial charge in [0.1, 0.15) is 6.04 Å². The zero-order chi connectivity index (χ0) is 10.8. The summed E-state index contributed by atoms with van der Waals surface area (Å²) in [5.74, 6) is 0.0714. The molecule has 0 radical (unpaired) electrons. The average Bonchev–Trinajstić information content (AvgIpc) is 2.24. The van der Waals surface area contributed by atoms with Crippen molar-refractivity contribution in [1.29, 1.82) is 5.26 Å². The number of hydrogen-bond donors (Lipinski definition) is 0. The van der Waals surface area contributed by atoms with Gasteiger partial charge in [0, 0.05) is 6.54 Å². The van der Waals surface area contributed by atoms with E-state index in [2.05, 4.69) is 6.07 Å². The van der Waals surface area contributed by atoms with Crippen molar-refractivity contribution in [2.45, 2.75) is 25.9 Å². The molecule has 0 aromatic heterocycles. The van der Waals surface area contributed by atoms with Crippen LogP contribution in [0.3, 0.4) is 0 Å². The summed E-state index contributed by atoms with van der Waals surface area (Å²) in [5.41, 5.74) is 2.28. The predicted molar refractivity (Wildman–Crippen MR) is 55.7 cm³/mol. The first kappa shape index (κ1) is 9.72. The minimum absolute atomic E-state index is 0.0714. The Morgan fingerprint density at radius 3 is 2.67 bits per heavy atom. The van der Waals surface area contributed by atoms with Crippen molar-refractivity contribution >= 4 is 5.91 Å². The molecule has 1 fully saturated rings.